The molecular formula is C26H23ClN2O3S. The van der Waals surface area contributed by atoms with E-state index in [0.717, 1.165) is 11.1 Å². The van der Waals surface area contributed by atoms with E-state index in [2.05, 4.69) is 13.8 Å². The van der Waals surface area contributed by atoms with Crippen LogP contribution in [0.5, 0.6) is 0 Å². The quantitative estimate of drug-likeness (QED) is 0.532. The van der Waals surface area contributed by atoms with Crippen molar-refractivity contribution in [2.24, 2.45) is 0 Å². The zero-order valence-corrected chi connectivity index (χ0v) is 19.9. The second-order valence-electron chi connectivity index (χ2n) is 8.64. The number of hydrogen-bond acceptors (Lipinski definition) is 3. The molecule has 7 heteroatoms. The van der Waals surface area contributed by atoms with Gasteiger partial charge in [0.15, 0.2) is 0 Å². The molecule has 1 fully saturated rings. The molecular weight excluding hydrogens is 456 g/mol. The van der Waals surface area contributed by atoms with Crippen molar-refractivity contribution in [3.8, 4) is 0 Å². The summed E-state index contributed by atoms with van der Waals surface area (Å²) in [5.41, 5.74) is 3.86. The number of fused-ring (bicyclic) bond motifs is 2. The Balaban J connectivity index is 1.64. The molecule has 1 saturated heterocycles. The Hall–Kier alpha value is -2.96. The van der Waals surface area contributed by atoms with Gasteiger partial charge in [0.05, 0.1) is 23.0 Å². The summed E-state index contributed by atoms with van der Waals surface area (Å²) in [5, 5.41) is 0.613. The summed E-state index contributed by atoms with van der Waals surface area (Å²) in [4.78, 5) is 28.8. The third-order valence-electron chi connectivity index (χ3n) is 6.32. The molecule has 5 rings (SSSR count). The van der Waals surface area contributed by atoms with E-state index in [-0.39, 0.29) is 17.6 Å². The van der Waals surface area contributed by atoms with Crippen LogP contribution < -0.4 is 9.80 Å². The molecule has 0 radical (unpaired) electrons. The van der Waals surface area contributed by atoms with E-state index in [1.54, 1.807) is 23.1 Å². The topological polar surface area (TPSA) is 57.7 Å². The minimum atomic E-state index is -1.74. The highest BCUT2D eigenvalue weighted by molar-refractivity contribution is 7.88. The lowest BCUT2D eigenvalue weighted by Crippen LogP contribution is -2.52. The van der Waals surface area contributed by atoms with Crippen LogP contribution in [-0.2, 0) is 31.8 Å². The van der Waals surface area contributed by atoms with Crippen molar-refractivity contribution in [2.75, 3.05) is 15.6 Å². The Kier molecular flexibility index (Phi) is 5.38. The Morgan fingerprint density at radius 2 is 1.64 bits per heavy atom. The van der Waals surface area contributed by atoms with E-state index < -0.39 is 15.7 Å². The summed E-state index contributed by atoms with van der Waals surface area (Å²) in [6, 6.07) is 22.2. The van der Waals surface area contributed by atoms with Crippen LogP contribution in [0.25, 0.3) is 0 Å². The van der Waals surface area contributed by atoms with Crippen LogP contribution in [0.1, 0.15) is 36.5 Å². The lowest BCUT2D eigenvalue weighted by Gasteiger charge is -2.33. The van der Waals surface area contributed by atoms with E-state index in [4.69, 9.17) is 11.6 Å². The number of nitrogens with zero attached hydrogens (tertiary/aromatic N) is 2. The van der Waals surface area contributed by atoms with Gasteiger partial charge < -0.3 is 4.90 Å². The maximum atomic E-state index is 14.1. The van der Waals surface area contributed by atoms with Gasteiger partial charge >= 0.3 is 0 Å². The largest absolute Gasteiger partial charge is 0.304 e. The van der Waals surface area contributed by atoms with E-state index >= 15 is 0 Å². The first kappa shape index (κ1) is 21.9. The number of benzene rings is 3. The van der Waals surface area contributed by atoms with Gasteiger partial charge in [-0.15, -0.1) is 0 Å². The fraction of sp³-hybridized carbons (Fsp3) is 0.231. The van der Waals surface area contributed by atoms with Crippen molar-refractivity contribution in [1.82, 2.24) is 0 Å². The van der Waals surface area contributed by atoms with Crippen molar-refractivity contribution < 1.29 is 13.8 Å². The average Bonchev–Trinajstić information content (AvgIpc) is 3.21. The zero-order chi connectivity index (χ0) is 23.3. The van der Waals surface area contributed by atoms with Crippen LogP contribution in [0.3, 0.4) is 0 Å². The number of rotatable bonds is 4. The first-order valence-corrected chi connectivity index (χ1v) is 12.5. The standard InChI is InChI=1S/C26H23ClN2O3S/c1-17(2)19-9-13-21(14-10-19)29-24(30)16-33(32)26(29)22-5-3-4-6-23(22)28(25(26)31)15-18-7-11-20(27)12-8-18/h3-14,17H,15-16H2,1-2H3. The first-order chi connectivity index (χ1) is 15.8. The predicted octanol–water partition coefficient (Wildman–Crippen LogP) is 4.96. The van der Waals surface area contributed by atoms with Crippen molar-refractivity contribution in [3.05, 3.63) is 94.5 Å². The SMILES string of the molecule is CC(C)c1ccc(N2C(=O)CS(=O)C23C(=O)N(Cc2ccc(Cl)cc2)c2ccccc23)cc1. The normalized spacial score (nSPS) is 22.0. The highest BCUT2D eigenvalue weighted by atomic mass is 35.5. The van der Waals surface area contributed by atoms with E-state index in [0.29, 0.717) is 34.4 Å². The van der Waals surface area contributed by atoms with Crippen molar-refractivity contribution >= 4 is 45.6 Å². The fourth-order valence-electron chi connectivity index (χ4n) is 4.66. The maximum absolute atomic E-state index is 14.1. The maximum Gasteiger partial charge on any atom is 0.271 e. The molecule has 2 aliphatic rings. The molecule has 3 aromatic carbocycles. The predicted molar refractivity (Wildman–Crippen MR) is 132 cm³/mol. The average molecular weight is 479 g/mol. The van der Waals surface area contributed by atoms with Crippen LogP contribution in [0.2, 0.25) is 5.02 Å². The Labute approximate surface area is 200 Å². The van der Waals surface area contributed by atoms with Gasteiger partial charge in [0.2, 0.25) is 10.8 Å². The van der Waals surface area contributed by atoms with Gasteiger partial charge in [-0.3, -0.25) is 18.7 Å². The van der Waals surface area contributed by atoms with E-state index in [1.165, 1.54) is 4.90 Å². The molecule has 5 nitrogen and oxygen atoms in total. The third-order valence-corrected chi connectivity index (χ3v) is 8.31. The van der Waals surface area contributed by atoms with Crippen molar-refractivity contribution in [1.29, 1.82) is 0 Å². The van der Waals surface area contributed by atoms with E-state index in [1.807, 2.05) is 54.6 Å². The number of carbonyl (C=O) groups is 2. The molecule has 0 N–H and O–H groups in total. The molecule has 2 amide bonds. The Morgan fingerprint density at radius 3 is 2.30 bits per heavy atom. The number of halogens is 1. The zero-order valence-electron chi connectivity index (χ0n) is 18.3. The summed E-state index contributed by atoms with van der Waals surface area (Å²) in [5.74, 6) is -0.529. The first-order valence-electron chi connectivity index (χ1n) is 10.8. The van der Waals surface area contributed by atoms with E-state index in [9.17, 15) is 13.8 Å². The lowest BCUT2D eigenvalue weighted by molar-refractivity contribution is -0.123. The highest BCUT2D eigenvalue weighted by Crippen LogP contribution is 2.51. The van der Waals surface area contributed by atoms with Crippen molar-refractivity contribution in [2.45, 2.75) is 31.2 Å². The highest BCUT2D eigenvalue weighted by Gasteiger charge is 2.65. The monoisotopic (exact) mass is 478 g/mol. The summed E-state index contributed by atoms with van der Waals surface area (Å²) < 4.78 is 13.6. The molecule has 2 atom stereocenters. The van der Waals surface area contributed by atoms with Gasteiger partial charge in [0.1, 0.15) is 5.75 Å². The van der Waals surface area contributed by atoms with Crippen LogP contribution >= 0.6 is 11.6 Å². The molecule has 3 aromatic rings. The molecule has 0 saturated carbocycles. The third kappa shape index (κ3) is 3.31. The second kappa shape index (κ2) is 8.12. The van der Waals surface area contributed by atoms with Gasteiger partial charge in [-0.25, -0.2) is 0 Å². The van der Waals surface area contributed by atoms with Gasteiger partial charge in [-0.05, 0) is 47.4 Å². The summed E-state index contributed by atoms with van der Waals surface area (Å²) in [6.45, 7) is 4.48. The van der Waals surface area contributed by atoms with Crippen LogP contribution in [-0.4, -0.2) is 21.8 Å². The second-order valence-corrected chi connectivity index (χ2v) is 10.7. The molecule has 0 aromatic heterocycles. The molecule has 168 valence electrons. The molecule has 0 aliphatic carbocycles. The summed E-state index contributed by atoms with van der Waals surface area (Å²) >= 11 is 6.02. The van der Waals surface area contributed by atoms with Gasteiger partial charge in [-0.2, -0.15) is 0 Å². The number of hydrogen-bond donors (Lipinski definition) is 0. The van der Waals surface area contributed by atoms with Gasteiger partial charge in [0, 0.05) is 16.3 Å². The molecule has 0 bridgehead atoms. The molecule has 1 spiro atoms. The molecule has 2 heterocycles. The molecule has 2 unspecified atom stereocenters. The number of carbonyl (C=O) groups excluding carboxylic acids is 2. The van der Waals surface area contributed by atoms with Crippen LogP contribution in [0.4, 0.5) is 11.4 Å². The van der Waals surface area contributed by atoms with Crippen LogP contribution in [0.15, 0.2) is 72.8 Å². The van der Waals surface area contributed by atoms with Gasteiger partial charge in [0.25, 0.3) is 5.91 Å². The number of amides is 2. The number of anilines is 2. The number of para-hydroxylation sites is 1. The minimum absolute atomic E-state index is 0.194. The van der Waals surface area contributed by atoms with Crippen molar-refractivity contribution in [3.63, 3.8) is 0 Å². The fourth-order valence-corrected chi connectivity index (χ4v) is 6.48. The minimum Gasteiger partial charge on any atom is -0.304 e. The smallest absolute Gasteiger partial charge is 0.271 e. The Bertz CT molecular complexity index is 1270. The lowest BCUT2D eigenvalue weighted by atomic mass is 10.0. The molecule has 33 heavy (non-hydrogen) atoms. The summed E-state index contributed by atoms with van der Waals surface area (Å²) in [6.07, 6.45) is 0. The van der Waals surface area contributed by atoms with Gasteiger partial charge in [-0.1, -0.05) is 67.9 Å². The summed E-state index contributed by atoms with van der Waals surface area (Å²) in [7, 11) is -1.74. The Morgan fingerprint density at radius 1 is 0.970 bits per heavy atom. The molecule has 2 aliphatic heterocycles. The van der Waals surface area contributed by atoms with Crippen LogP contribution in [0, 0.1) is 0 Å².